The van der Waals surface area contributed by atoms with Crippen molar-refractivity contribution in [1.29, 1.82) is 0 Å². The van der Waals surface area contributed by atoms with Crippen molar-refractivity contribution in [2.45, 2.75) is 18.1 Å². The second-order valence-corrected chi connectivity index (χ2v) is 6.46. The lowest BCUT2D eigenvalue weighted by Gasteiger charge is -2.04. The third-order valence-corrected chi connectivity index (χ3v) is 4.89. The number of aromatic nitrogens is 2. The van der Waals surface area contributed by atoms with E-state index < -0.39 is 0 Å². The van der Waals surface area contributed by atoms with Gasteiger partial charge in [0.25, 0.3) is 5.89 Å². The summed E-state index contributed by atoms with van der Waals surface area (Å²) in [6, 6.07) is 3.27. The van der Waals surface area contributed by atoms with Gasteiger partial charge in [0.15, 0.2) is 5.82 Å². The monoisotopic (exact) mass is 315 g/mol. The fourth-order valence-corrected chi connectivity index (χ4v) is 3.71. The number of anilines is 1. The normalized spacial score (nSPS) is 18.9. The van der Waals surface area contributed by atoms with Crippen LogP contribution in [0.25, 0.3) is 11.5 Å². The highest BCUT2D eigenvalue weighted by Gasteiger charge is 2.24. The molecule has 0 spiro atoms. The number of halogens is 2. The van der Waals surface area contributed by atoms with Gasteiger partial charge < -0.3 is 10.3 Å². The molecule has 1 fully saturated rings. The van der Waals surface area contributed by atoms with Crippen LogP contribution in [-0.4, -0.2) is 15.9 Å². The van der Waals surface area contributed by atoms with E-state index in [0.29, 0.717) is 38.3 Å². The van der Waals surface area contributed by atoms with E-state index in [2.05, 4.69) is 10.1 Å². The summed E-state index contributed by atoms with van der Waals surface area (Å²) < 4.78 is 5.28. The number of nitrogens with zero attached hydrogens (tertiary/aromatic N) is 2. The van der Waals surface area contributed by atoms with Gasteiger partial charge in [0.2, 0.25) is 0 Å². The van der Waals surface area contributed by atoms with Gasteiger partial charge in [-0.3, -0.25) is 0 Å². The number of benzene rings is 1. The molecule has 1 unspecified atom stereocenters. The summed E-state index contributed by atoms with van der Waals surface area (Å²) in [6.45, 7) is 0. The lowest BCUT2D eigenvalue weighted by molar-refractivity contribution is 0.421. The molecular weight excluding hydrogens is 305 g/mol. The van der Waals surface area contributed by atoms with Gasteiger partial charge in [-0.2, -0.15) is 16.7 Å². The molecule has 2 heterocycles. The average molecular weight is 316 g/mol. The topological polar surface area (TPSA) is 64.9 Å². The lowest BCUT2D eigenvalue weighted by Crippen LogP contribution is -1.93. The largest absolute Gasteiger partial charge is 0.397 e. The minimum Gasteiger partial charge on any atom is -0.397 e. The molecule has 0 saturated carbocycles. The number of rotatable bonds is 2. The molecule has 3 rings (SSSR count). The zero-order chi connectivity index (χ0) is 13.4. The highest BCUT2D eigenvalue weighted by Crippen LogP contribution is 2.40. The first-order chi connectivity index (χ1) is 9.15. The van der Waals surface area contributed by atoms with Crippen molar-refractivity contribution in [1.82, 2.24) is 10.1 Å². The van der Waals surface area contributed by atoms with E-state index in [-0.39, 0.29) is 0 Å². The third-order valence-electron chi connectivity index (χ3n) is 2.98. The van der Waals surface area contributed by atoms with Crippen LogP contribution >= 0.6 is 35.0 Å². The first-order valence-corrected chi connectivity index (χ1v) is 7.65. The van der Waals surface area contributed by atoms with Crippen molar-refractivity contribution in [2.75, 3.05) is 11.5 Å². The van der Waals surface area contributed by atoms with Crippen molar-refractivity contribution < 1.29 is 4.52 Å². The number of nitrogen functional groups attached to an aromatic ring is 1. The summed E-state index contributed by atoms with van der Waals surface area (Å²) >= 11 is 13.8. The number of hydrogen-bond donors (Lipinski definition) is 1. The molecule has 0 bridgehead atoms. The van der Waals surface area contributed by atoms with Crippen LogP contribution in [0.4, 0.5) is 5.69 Å². The predicted octanol–water partition coefficient (Wildman–Crippen LogP) is 4.19. The Morgan fingerprint density at radius 3 is 2.95 bits per heavy atom. The molecule has 4 nitrogen and oxygen atoms in total. The van der Waals surface area contributed by atoms with Crippen LogP contribution in [0.1, 0.15) is 23.9 Å². The number of nitrogens with two attached hydrogens (primary N) is 1. The average Bonchev–Trinajstić information content (AvgIpc) is 3.03. The maximum absolute atomic E-state index is 6.00. The summed E-state index contributed by atoms with van der Waals surface area (Å²) in [5.74, 6) is 2.22. The minimum absolute atomic E-state index is 0.313. The van der Waals surface area contributed by atoms with Gasteiger partial charge in [-0.25, -0.2) is 0 Å². The summed E-state index contributed by atoms with van der Waals surface area (Å²) in [5.41, 5.74) is 6.91. The zero-order valence-electron chi connectivity index (χ0n) is 9.90. The van der Waals surface area contributed by atoms with Crippen molar-refractivity contribution in [3.05, 3.63) is 28.0 Å². The molecule has 1 atom stereocenters. The van der Waals surface area contributed by atoms with E-state index in [4.69, 9.17) is 33.5 Å². The smallest absolute Gasteiger partial charge is 0.260 e. The Bertz CT molecular complexity index is 611. The first kappa shape index (κ1) is 13.1. The van der Waals surface area contributed by atoms with Crippen LogP contribution in [-0.2, 0) is 0 Å². The van der Waals surface area contributed by atoms with E-state index in [1.165, 1.54) is 6.42 Å². The molecule has 19 heavy (non-hydrogen) atoms. The molecule has 1 aliphatic heterocycles. The van der Waals surface area contributed by atoms with Crippen molar-refractivity contribution in [3.63, 3.8) is 0 Å². The van der Waals surface area contributed by atoms with Gasteiger partial charge in [-0.15, -0.1) is 0 Å². The van der Waals surface area contributed by atoms with Gasteiger partial charge in [0.05, 0.1) is 21.5 Å². The molecule has 0 amide bonds. The Morgan fingerprint density at radius 1 is 1.37 bits per heavy atom. The predicted molar refractivity (Wildman–Crippen MR) is 78.6 cm³/mol. The number of hydrogen-bond acceptors (Lipinski definition) is 5. The minimum atomic E-state index is 0.313. The van der Waals surface area contributed by atoms with Gasteiger partial charge >= 0.3 is 0 Å². The summed E-state index contributed by atoms with van der Waals surface area (Å²) in [4.78, 5) is 4.41. The van der Waals surface area contributed by atoms with Gasteiger partial charge in [-0.05, 0) is 30.7 Å². The van der Waals surface area contributed by atoms with Crippen molar-refractivity contribution >= 4 is 40.7 Å². The standard InChI is InChI=1S/C12H11Cl2N3OS/c13-6-4-7(10(15)8(14)5-6)12-16-11(17-18-12)9-2-1-3-19-9/h4-5,9H,1-3,15H2. The van der Waals surface area contributed by atoms with E-state index in [0.717, 1.165) is 12.2 Å². The highest BCUT2D eigenvalue weighted by atomic mass is 35.5. The molecule has 100 valence electrons. The quantitative estimate of drug-likeness (QED) is 0.841. The molecule has 7 heteroatoms. The molecule has 1 aromatic carbocycles. The molecule has 1 aliphatic rings. The SMILES string of the molecule is Nc1c(Cl)cc(Cl)cc1-c1nc(C2CCCS2)no1. The van der Waals surface area contributed by atoms with Crippen molar-refractivity contribution in [3.8, 4) is 11.5 Å². The second-order valence-electron chi connectivity index (χ2n) is 4.31. The van der Waals surface area contributed by atoms with Crippen molar-refractivity contribution in [2.24, 2.45) is 0 Å². The Hall–Kier alpha value is -0.910. The fourth-order valence-electron chi connectivity index (χ4n) is 2.02. The second kappa shape index (κ2) is 5.23. The Balaban J connectivity index is 1.98. The van der Waals surface area contributed by atoms with Gasteiger partial charge in [0, 0.05) is 5.02 Å². The maximum Gasteiger partial charge on any atom is 0.260 e. The Kier molecular flexibility index (Phi) is 3.60. The Morgan fingerprint density at radius 2 is 2.21 bits per heavy atom. The third kappa shape index (κ3) is 2.55. The van der Waals surface area contributed by atoms with Crippen LogP contribution in [0, 0.1) is 0 Å². The highest BCUT2D eigenvalue weighted by molar-refractivity contribution is 7.99. The summed E-state index contributed by atoms with van der Waals surface area (Å²) in [5, 5.41) is 5.22. The van der Waals surface area contributed by atoms with E-state index in [1.807, 2.05) is 11.8 Å². The van der Waals surface area contributed by atoms with Crippen LogP contribution in [0.15, 0.2) is 16.7 Å². The summed E-state index contributed by atoms with van der Waals surface area (Å²) in [6.07, 6.45) is 2.26. The molecule has 0 aliphatic carbocycles. The fraction of sp³-hybridized carbons (Fsp3) is 0.333. The van der Waals surface area contributed by atoms with Crippen LogP contribution in [0.2, 0.25) is 10.0 Å². The molecule has 2 aromatic rings. The maximum atomic E-state index is 6.00. The van der Waals surface area contributed by atoms with Gasteiger partial charge in [-0.1, -0.05) is 28.4 Å². The van der Waals surface area contributed by atoms with Crippen LogP contribution in [0.3, 0.4) is 0 Å². The zero-order valence-corrected chi connectivity index (χ0v) is 12.2. The van der Waals surface area contributed by atoms with E-state index >= 15 is 0 Å². The molecule has 2 N–H and O–H groups in total. The first-order valence-electron chi connectivity index (χ1n) is 5.85. The van der Waals surface area contributed by atoms with Crippen LogP contribution < -0.4 is 5.73 Å². The number of thioether (sulfide) groups is 1. The molecule has 0 radical (unpaired) electrons. The molecule has 1 saturated heterocycles. The molecule has 1 aromatic heterocycles. The van der Waals surface area contributed by atoms with E-state index in [1.54, 1.807) is 12.1 Å². The van der Waals surface area contributed by atoms with Crippen LogP contribution in [0.5, 0.6) is 0 Å². The lowest BCUT2D eigenvalue weighted by atomic mass is 10.2. The van der Waals surface area contributed by atoms with Gasteiger partial charge in [0.1, 0.15) is 0 Å². The Labute approximate surface area is 124 Å². The van der Waals surface area contributed by atoms with E-state index in [9.17, 15) is 0 Å². The molecular formula is C12H11Cl2N3OS. The summed E-state index contributed by atoms with van der Waals surface area (Å²) in [7, 11) is 0.